The van der Waals surface area contributed by atoms with E-state index in [0.717, 1.165) is 51.2 Å². The summed E-state index contributed by atoms with van der Waals surface area (Å²) in [6.07, 6.45) is 6.51. The molecule has 9 atom stereocenters. The largest absolute Gasteiger partial charge is 0.457 e. The molecule has 0 spiro atoms. The third-order valence-electron chi connectivity index (χ3n) is 13.5. The van der Waals surface area contributed by atoms with E-state index in [2.05, 4.69) is 39.9 Å². The van der Waals surface area contributed by atoms with Crippen molar-refractivity contribution >= 4 is 36.5 Å². The summed E-state index contributed by atoms with van der Waals surface area (Å²) in [6.45, 7) is 37.6. The van der Waals surface area contributed by atoms with Crippen molar-refractivity contribution in [3.63, 3.8) is 0 Å². The maximum atomic E-state index is 13.6. The van der Waals surface area contributed by atoms with Crippen LogP contribution < -0.4 is 11.1 Å². The molecule has 2 saturated heterocycles. The van der Waals surface area contributed by atoms with Crippen LogP contribution in [0.25, 0.3) is 0 Å². The summed E-state index contributed by atoms with van der Waals surface area (Å²) in [6, 6.07) is -0.686. The molecule has 2 amide bonds. The summed E-state index contributed by atoms with van der Waals surface area (Å²) in [5.41, 5.74) is 4.21. The van der Waals surface area contributed by atoms with Crippen molar-refractivity contribution < 1.29 is 52.5 Å². The molecule has 14 heteroatoms. The van der Waals surface area contributed by atoms with Crippen LogP contribution >= 0.6 is 0 Å². The lowest BCUT2D eigenvalue weighted by atomic mass is 9.70. The summed E-state index contributed by atoms with van der Waals surface area (Å²) in [5.74, 6) is -0.871. The van der Waals surface area contributed by atoms with E-state index in [1.54, 1.807) is 41.5 Å². The molecule has 14 nitrogen and oxygen atoms in total. The van der Waals surface area contributed by atoms with E-state index in [4.69, 9.17) is 29.4 Å². The summed E-state index contributed by atoms with van der Waals surface area (Å²) in [5, 5.41) is 3.09. The Morgan fingerprint density at radius 1 is 0.636 bits per heavy atom. The normalized spacial score (nSPS) is 28.9. The van der Waals surface area contributed by atoms with Crippen molar-refractivity contribution in [2.75, 3.05) is 13.2 Å². The van der Waals surface area contributed by atoms with E-state index in [-0.39, 0.29) is 46.9 Å². The predicted molar refractivity (Wildman–Crippen MR) is 256 cm³/mol. The molecule has 66 heavy (non-hydrogen) atoms. The minimum Gasteiger partial charge on any atom is -0.457 e. The Kier molecular flexibility index (Phi) is 21.0. The van der Waals surface area contributed by atoms with Crippen LogP contribution in [-0.2, 0) is 52.5 Å². The number of aldehydes is 1. The van der Waals surface area contributed by atoms with Crippen LogP contribution in [0.5, 0.6) is 0 Å². The number of carbonyl (C=O) groups excluding carboxylic acids is 6. The van der Waals surface area contributed by atoms with Crippen molar-refractivity contribution in [3.05, 3.63) is 0 Å². The van der Waals surface area contributed by atoms with Crippen LogP contribution in [0.3, 0.4) is 0 Å². The van der Waals surface area contributed by atoms with Crippen LogP contribution in [0.1, 0.15) is 183 Å². The van der Waals surface area contributed by atoms with Crippen molar-refractivity contribution in [2.45, 2.75) is 225 Å². The third-order valence-corrected chi connectivity index (χ3v) is 13.5. The fourth-order valence-electron chi connectivity index (χ4n) is 8.30. The van der Waals surface area contributed by atoms with Crippen LogP contribution in [-0.4, -0.2) is 97.0 Å². The zero-order valence-electron chi connectivity index (χ0n) is 44.6. The number of hydrogen-bond acceptors (Lipinski definition) is 12. The maximum Gasteiger partial charge on any atom is 0.311 e. The molecule has 2 aliphatic heterocycles. The molecule has 0 radical (unpaired) electrons. The number of ether oxygens (including phenoxy) is 5. The van der Waals surface area contributed by atoms with Gasteiger partial charge in [-0.2, -0.15) is 0 Å². The summed E-state index contributed by atoms with van der Waals surface area (Å²) >= 11 is 0. The molecular weight excluding hydrogens is 843 g/mol. The van der Waals surface area contributed by atoms with Crippen LogP contribution in [0.2, 0.25) is 0 Å². The first kappa shape index (κ1) is 59.0. The molecule has 2 heterocycles. The molecule has 3 N–H and O–H groups in total. The Labute approximate surface area is 399 Å². The summed E-state index contributed by atoms with van der Waals surface area (Å²) < 4.78 is 28.7. The van der Waals surface area contributed by atoms with E-state index in [0.29, 0.717) is 24.5 Å². The van der Waals surface area contributed by atoms with Gasteiger partial charge in [0.2, 0.25) is 12.3 Å². The fraction of sp³-hybridized carbons (Fsp3) is 0.885. The highest BCUT2D eigenvalue weighted by molar-refractivity contribution is 5.85. The number of amides is 2. The molecule has 0 aromatic carbocycles. The van der Waals surface area contributed by atoms with Gasteiger partial charge in [0.25, 0.3) is 0 Å². The highest BCUT2D eigenvalue weighted by Crippen LogP contribution is 2.42. The van der Waals surface area contributed by atoms with Gasteiger partial charge in [-0.15, -0.1) is 0 Å². The molecule has 4 aliphatic rings. The van der Waals surface area contributed by atoms with E-state index in [1.807, 2.05) is 55.4 Å². The van der Waals surface area contributed by atoms with Gasteiger partial charge in [-0.25, -0.2) is 0 Å². The minimum atomic E-state index is -0.805. The molecule has 0 aromatic heterocycles. The van der Waals surface area contributed by atoms with E-state index in [1.165, 1.54) is 17.7 Å². The van der Waals surface area contributed by atoms with E-state index >= 15 is 0 Å². The van der Waals surface area contributed by atoms with Gasteiger partial charge < -0.3 is 44.4 Å². The second-order valence-corrected chi connectivity index (χ2v) is 25.6. The van der Waals surface area contributed by atoms with Gasteiger partial charge in [-0.3, -0.25) is 24.0 Å². The number of rotatable bonds is 9. The zero-order chi connectivity index (χ0) is 51.0. The summed E-state index contributed by atoms with van der Waals surface area (Å²) in [7, 11) is 0. The monoisotopic (exact) mass is 936 g/mol. The molecule has 1 unspecified atom stereocenters. The smallest absolute Gasteiger partial charge is 0.311 e. The Morgan fingerprint density at radius 3 is 1.45 bits per heavy atom. The van der Waals surface area contributed by atoms with Crippen LogP contribution in [0.15, 0.2) is 0 Å². The van der Waals surface area contributed by atoms with Gasteiger partial charge in [-0.05, 0) is 157 Å². The second kappa shape index (κ2) is 23.5. The SMILES string of the molecule is CC1(C)CCC(C=O)CC1.C[C@@H]1CO[C@H](N)[C@@H](OC(=O)C(C)(C)C)[C@@H]1OC(=O)C(C)(C)C.C[C@@H]1[C@H](C)COC(N(C=O)[C@H](C(=O)NC(C)(C)C)C2CCC(C)(C)CC2)[C@H]1OC(=O)C(C)(C)C. The van der Waals surface area contributed by atoms with Crippen molar-refractivity contribution in [2.24, 2.45) is 62.4 Å². The lowest BCUT2D eigenvalue weighted by Gasteiger charge is -2.48. The lowest BCUT2D eigenvalue weighted by molar-refractivity contribution is -0.219. The molecular formula is C52H93N3O11. The van der Waals surface area contributed by atoms with Crippen LogP contribution in [0.4, 0.5) is 0 Å². The highest BCUT2D eigenvalue weighted by atomic mass is 16.6. The van der Waals surface area contributed by atoms with Gasteiger partial charge in [0, 0.05) is 23.3 Å². The Hall–Kier alpha value is -3.10. The highest BCUT2D eigenvalue weighted by Gasteiger charge is 2.49. The molecule has 2 aliphatic carbocycles. The zero-order valence-corrected chi connectivity index (χ0v) is 44.6. The molecule has 4 rings (SSSR count). The standard InChI is InChI=1S/C27H48N2O5.C16H29NO5.C9H16O/c1-17-15-33-23(21(18(17)2)34-24(32)25(3,4)5)29(16-30)20(22(31)28-26(6,7)8)19-11-13-27(9,10)14-12-19;1-9-8-20-12(17)11(22-14(19)16(5,6)7)10(9)21-13(18)15(2,3)4;1-9(2)5-3-8(7-10)4-6-9/h16-21,23H,11-15H2,1-10H3,(H,28,31);9-12H,8,17H2,1-7H3;7-8H,3-6H2,1-2H3/t17-,18-,20+,21+,23?;9-,10-,11+,12+;/m11./s1. The molecule has 0 aromatic rings. The molecule has 4 fully saturated rings. The quantitative estimate of drug-likeness (QED) is 0.127. The van der Waals surface area contributed by atoms with Gasteiger partial charge in [0.05, 0.1) is 29.5 Å². The Bertz CT molecular complexity index is 1560. The summed E-state index contributed by atoms with van der Waals surface area (Å²) in [4.78, 5) is 75.3. The first-order valence-electron chi connectivity index (χ1n) is 24.6. The van der Waals surface area contributed by atoms with Crippen molar-refractivity contribution in [1.82, 2.24) is 10.2 Å². The minimum absolute atomic E-state index is 0.0119. The third kappa shape index (κ3) is 18.1. The number of nitrogens with one attached hydrogen (secondary N) is 1. The van der Waals surface area contributed by atoms with E-state index < -0.39 is 64.6 Å². The fourth-order valence-corrected chi connectivity index (χ4v) is 8.30. The first-order valence-corrected chi connectivity index (χ1v) is 24.6. The maximum absolute atomic E-state index is 13.6. The molecule has 382 valence electrons. The van der Waals surface area contributed by atoms with E-state index in [9.17, 15) is 28.8 Å². The number of nitrogens with zero attached hydrogens (tertiary/aromatic N) is 1. The van der Waals surface area contributed by atoms with Gasteiger partial charge in [0.15, 0.2) is 12.3 Å². The van der Waals surface area contributed by atoms with Gasteiger partial charge in [-0.1, -0.05) is 48.5 Å². The average molecular weight is 936 g/mol. The van der Waals surface area contributed by atoms with Crippen molar-refractivity contribution in [3.8, 4) is 0 Å². The van der Waals surface area contributed by atoms with Crippen LogP contribution in [0, 0.1) is 56.7 Å². The predicted octanol–water partition coefficient (Wildman–Crippen LogP) is 8.79. The average Bonchev–Trinajstić information content (AvgIpc) is 3.17. The topological polar surface area (TPSA) is 190 Å². The number of hydrogen-bond donors (Lipinski definition) is 2. The Balaban J connectivity index is 0.000000396. The molecule has 0 bridgehead atoms. The van der Waals surface area contributed by atoms with Gasteiger partial charge in [0.1, 0.15) is 30.8 Å². The number of carbonyl (C=O) groups is 6. The van der Waals surface area contributed by atoms with Gasteiger partial charge >= 0.3 is 17.9 Å². The molecule has 2 saturated carbocycles. The Morgan fingerprint density at radius 2 is 1.05 bits per heavy atom. The second-order valence-electron chi connectivity index (χ2n) is 25.6. The number of nitrogens with two attached hydrogens (primary N) is 1. The number of esters is 3. The van der Waals surface area contributed by atoms with Crippen molar-refractivity contribution in [1.29, 1.82) is 0 Å². The lowest BCUT2D eigenvalue weighted by Crippen LogP contribution is -2.63. The first-order chi connectivity index (χ1) is 29.9.